The van der Waals surface area contributed by atoms with E-state index in [0.29, 0.717) is 6.42 Å². The van der Waals surface area contributed by atoms with Gasteiger partial charge in [0, 0.05) is 26.6 Å². The average molecular weight is 187 g/mol. The number of amides is 1. The second-order valence-electron chi connectivity index (χ2n) is 3.13. The summed E-state index contributed by atoms with van der Waals surface area (Å²) in [7, 11) is 5.63. The average Bonchev–Trinajstić information content (AvgIpc) is 2.14. The minimum absolute atomic E-state index is 0.227. The lowest BCUT2D eigenvalue weighted by Gasteiger charge is -2.16. The highest BCUT2D eigenvalue weighted by molar-refractivity contribution is 5.75. The molecule has 0 unspecified atom stereocenters. The Hall–Kier alpha value is -0.610. The number of rotatable bonds is 7. The number of carbonyl (C=O) groups is 1. The SMILES string of the molecule is CNCCCC(=O)N(C)CCNC. The van der Waals surface area contributed by atoms with Crippen molar-refractivity contribution >= 4 is 5.91 Å². The van der Waals surface area contributed by atoms with Gasteiger partial charge in [0.2, 0.25) is 5.91 Å². The fourth-order valence-electron chi connectivity index (χ4n) is 1.01. The molecule has 0 rings (SSSR count). The zero-order valence-electron chi connectivity index (χ0n) is 8.89. The van der Waals surface area contributed by atoms with Crippen LogP contribution in [-0.2, 0) is 4.79 Å². The predicted molar refractivity (Wildman–Crippen MR) is 54.7 cm³/mol. The maximum Gasteiger partial charge on any atom is 0.222 e. The summed E-state index contributed by atoms with van der Waals surface area (Å²) in [5.41, 5.74) is 0. The van der Waals surface area contributed by atoms with Crippen LogP contribution in [0.25, 0.3) is 0 Å². The summed E-state index contributed by atoms with van der Waals surface area (Å²) in [4.78, 5) is 13.2. The minimum Gasteiger partial charge on any atom is -0.344 e. The molecule has 0 saturated heterocycles. The molecule has 0 atom stereocenters. The van der Waals surface area contributed by atoms with Crippen molar-refractivity contribution in [2.24, 2.45) is 0 Å². The van der Waals surface area contributed by atoms with Crippen LogP contribution in [0.3, 0.4) is 0 Å². The predicted octanol–water partition coefficient (Wildman–Crippen LogP) is -0.336. The fraction of sp³-hybridized carbons (Fsp3) is 0.889. The first kappa shape index (κ1) is 12.4. The maximum absolute atomic E-state index is 11.4. The van der Waals surface area contributed by atoms with Crippen molar-refractivity contribution in [1.82, 2.24) is 15.5 Å². The van der Waals surface area contributed by atoms with Crippen LogP contribution in [0.15, 0.2) is 0 Å². The summed E-state index contributed by atoms with van der Waals surface area (Å²) in [6, 6.07) is 0. The van der Waals surface area contributed by atoms with Crippen LogP contribution in [-0.4, -0.2) is 51.6 Å². The Bertz CT molecular complexity index is 139. The molecule has 0 spiro atoms. The molecule has 2 N–H and O–H groups in total. The molecule has 13 heavy (non-hydrogen) atoms. The quantitative estimate of drug-likeness (QED) is 0.536. The maximum atomic E-state index is 11.4. The molecule has 0 aromatic heterocycles. The molecule has 0 aromatic rings. The minimum atomic E-state index is 0.227. The Morgan fingerprint density at radius 2 is 1.85 bits per heavy atom. The summed E-state index contributed by atoms with van der Waals surface area (Å²) < 4.78 is 0. The van der Waals surface area contributed by atoms with Gasteiger partial charge in [-0.3, -0.25) is 4.79 Å². The van der Waals surface area contributed by atoms with E-state index in [1.165, 1.54) is 0 Å². The van der Waals surface area contributed by atoms with Crippen LogP contribution < -0.4 is 10.6 Å². The number of carbonyl (C=O) groups excluding carboxylic acids is 1. The van der Waals surface area contributed by atoms with Crippen molar-refractivity contribution in [3.8, 4) is 0 Å². The molecule has 0 bridgehead atoms. The van der Waals surface area contributed by atoms with Crippen molar-refractivity contribution < 1.29 is 4.79 Å². The topological polar surface area (TPSA) is 44.4 Å². The smallest absolute Gasteiger partial charge is 0.222 e. The van der Waals surface area contributed by atoms with E-state index in [1.807, 2.05) is 21.1 Å². The summed E-state index contributed by atoms with van der Waals surface area (Å²) in [6.07, 6.45) is 1.56. The summed E-state index contributed by atoms with van der Waals surface area (Å²) in [6.45, 7) is 2.55. The highest BCUT2D eigenvalue weighted by Crippen LogP contribution is 1.93. The van der Waals surface area contributed by atoms with Gasteiger partial charge in [-0.05, 0) is 27.1 Å². The van der Waals surface area contributed by atoms with Crippen LogP contribution in [0.5, 0.6) is 0 Å². The van der Waals surface area contributed by atoms with E-state index >= 15 is 0 Å². The third kappa shape index (κ3) is 6.54. The zero-order chi connectivity index (χ0) is 10.1. The van der Waals surface area contributed by atoms with Gasteiger partial charge in [-0.2, -0.15) is 0 Å². The number of nitrogens with one attached hydrogen (secondary N) is 2. The third-order valence-corrected chi connectivity index (χ3v) is 1.94. The Kier molecular flexibility index (Phi) is 7.63. The zero-order valence-corrected chi connectivity index (χ0v) is 8.89. The number of likely N-dealkylation sites (N-methyl/N-ethyl adjacent to an activating group) is 2. The van der Waals surface area contributed by atoms with Crippen LogP contribution in [0.2, 0.25) is 0 Å². The van der Waals surface area contributed by atoms with Crippen LogP contribution >= 0.6 is 0 Å². The second-order valence-corrected chi connectivity index (χ2v) is 3.13. The molecular weight excluding hydrogens is 166 g/mol. The molecule has 0 aromatic carbocycles. The standard InChI is InChI=1S/C9H21N3O/c1-10-6-4-5-9(13)12(3)8-7-11-2/h10-11H,4-8H2,1-3H3. The normalized spacial score (nSPS) is 10.1. The van der Waals surface area contributed by atoms with E-state index in [2.05, 4.69) is 10.6 Å². The van der Waals surface area contributed by atoms with Crippen molar-refractivity contribution in [3.05, 3.63) is 0 Å². The summed E-state index contributed by atoms with van der Waals surface area (Å²) >= 11 is 0. The third-order valence-electron chi connectivity index (χ3n) is 1.94. The highest BCUT2D eigenvalue weighted by Gasteiger charge is 2.06. The molecule has 4 heteroatoms. The van der Waals surface area contributed by atoms with Crippen LogP contribution in [0, 0.1) is 0 Å². The Morgan fingerprint density at radius 1 is 1.23 bits per heavy atom. The number of nitrogens with zero attached hydrogens (tertiary/aromatic N) is 1. The van der Waals surface area contributed by atoms with Crippen LogP contribution in [0.1, 0.15) is 12.8 Å². The van der Waals surface area contributed by atoms with E-state index in [4.69, 9.17) is 0 Å². The van der Waals surface area contributed by atoms with Gasteiger partial charge in [0.1, 0.15) is 0 Å². The Labute approximate surface area is 80.7 Å². The molecule has 0 aliphatic rings. The molecule has 0 radical (unpaired) electrons. The van der Waals surface area contributed by atoms with Gasteiger partial charge < -0.3 is 15.5 Å². The van der Waals surface area contributed by atoms with Crippen molar-refractivity contribution in [3.63, 3.8) is 0 Å². The van der Waals surface area contributed by atoms with Crippen molar-refractivity contribution in [2.75, 3.05) is 40.8 Å². The van der Waals surface area contributed by atoms with E-state index in [0.717, 1.165) is 26.1 Å². The molecule has 0 aliphatic heterocycles. The van der Waals surface area contributed by atoms with Gasteiger partial charge in [-0.25, -0.2) is 0 Å². The van der Waals surface area contributed by atoms with Crippen molar-refractivity contribution in [1.29, 1.82) is 0 Å². The first-order valence-corrected chi connectivity index (χ1v) is 4.75. The molecule has 4 nitrogen and oxygen atoms in total. The van der Waals surface area contributed by atoms with E-state index in [9.17, 15) is 4.79 Å². The lowest BCUT2D eigenvalue weighted by atomic mass is 10.3. The van der Waals surface area contributed by atoms with Gasteiger partial charge in [-0.1, -0.05) is 0 Å². The number of hydrogen-bond acceptors (Lipinski definition) is 3. The molecule has 78 valence electrons. The van der Waals surface area contributed by atoms with Gasteiger partial charge in [0.05, 0.1) is 0 Å². The molecule has 0 aliphatic carbocycles. The molecule has 0 fully saturated rings. The first-order chi connectivity index (χ1) is 6.22. The lowest BCUT2D eigenvalue weighted by molar-refractivity contribution is -0.129. The summed E-state index contributed by atoms with van der Waals surface area (Å²) in [5, 5.41) is 6.04. The Morgan fingerprint density at radius 3 is 2.38 bits per heavy atom. The van der Waals surface area contributed by atoms with Gasteiger partial charge in [0.25, 0.3) is 0 Å². The fourth-order valence-corrected chi connectivity index (χ4v) is 1.01. The molecule has 0 heterocycles. The largest absolute Gasteiger partial charge is 0.344 e. The molecule has 0 saturated carbocycles. The molecular formula is C9H21N3O. The van der Waals surface area contributed by atoms with Gasteiger partial charge in [-0.15, -0.1) is 0 Å². The monoisotopic (exact) mass is 187 g/mol. The molecule has 1 amide bonds. The Balaban J connectivity index is 3.45. The van der Waals surface area contributed by atoms with Gasteiger partial charge >= 0.3 is 0 Å². The second kappa shape index (κ2) is 8.01. The number of hydrogen-bond donors (Lipinski definition) is 2. The van der Waals surface area contributed by atoms with E-state index in [-0.39, 0.29) is 5.91 Å². The van der Waals surface area contributed by atoms with Gasteiger partial charge in [0.15, 0.2) is 0 Å². The summed E-state index contributed by atoms with van der Waals surface area (Å²) in [5.74, 6) is 0.227. The van der Waals surface area contributed by atoms with E-state index in [1.54, 1.807) is 4.90 Å². The lowest BCUT2D eigenvalue weighted by Crippen LogP contribution is -2.32. The first-order valence-electron chi connectivity index (χ1n) is 4.75. The van der Waals surface area contributed by atoms with E-state index < -0.39 is 0 Å². The van der Waals surface area contributed by atoms with Crippen molar-refractivity contribution in [2.45, 2.75) is 12.8 Å². The highest BCUT2D eigenvalue weighted by atomic mass is 16.2. The van der Waals surface area contributed by atoms with Crippen LogP contribution in [0.4, 0.5) is 0 Å².